The van der Waals surface area contributed by atoms with Crippen molar-refractivity contribution in [1.29, 1.82) is 0 Å². The van der Waals surface area contributed by atoms with Gasteiger partial charge in [-0.3, -0.25) is 4.68 Å². The number of aliphatic hydroxyl groups is 1. The lowest BCUT2D eigenvalue weighted by molar-refractivity contribution is 0.276. The fraction of sp³-hybridized carbons (Fsp3) is 0.786. The summed E-state index contributed by atoms with van der Waals surface area (Å²) < 4.78 is 29.0. The second-order valence-corrected chi connectivity index (χ2v) is 7.57. The van der Waals surface area contributed by atoms with Crippen molar-refractivity contribution >= 4 is 10.0 Å². The Morgan fingerprint density at radius 2 is 2.05 bits per heavy atom. The average molecular weight is 315 g/mol. The van der Waals surface area contributed by atoms with E-state index in [1.165, 1.54) is 0 Å². The predicted molar refractivity (Wildman–Crippen MR) is 80.6 cm³/mol. The van der Waals surface area contributed by atoms with Crippen molar-refractivity contribution < 1.29 is 13.5 Å². The van der Waals surface area contributed by atoms with Gasteiger partial charge in [-0.15, -0.1) is 0 Å². The summed E-state index contributed by atoms with van der Waals surface area (Å²) in [6, 6.07) is 0. The van der Waals surface area contributed by atoms with E-state index < -0.39 is 10.0 Å². The van der Waals surface area contributed by atoms with Crippen LogP contribution in [0.4, 0.5) is 0 Å². The van der Waals surface area contributed by atoms with Gasteiger partial charge in [0.1, 0.15) is 4.90 Å². The molecule has 2 rings (SSSR count). The first-order chi connectivity index (χ1) is 9.91. The largest absolute Gasteiger partial charge is 0.396 e. The van der Waals surface area contributed by atoms with Gasteiger partial charge in [0.15, 0.2) is 0 Å². The Morgan fingerprint density at radius 1 is 1.38 bits per heavy atom. The average Bonchev–Trinajstić information content (AvgIpc) is 3.19. The molecule has 0 spiro atoms. The van der Waals surface area contributed by atoms with Crippen molar-refractivity contribution in [2.24, 2.45) is 5.92 Å². The van der Waals surface area contributed by atoms with Gasteiger partial charge in [-0.05, 0) is 39.0 Å². The van der Waals surface area contributed by atoms with Crippen LogP contribution >= 0.6 is 0 Å². The van der Waals surface area contributed by atoms with E-state index in [4.69, 9.17) is 5.11 Å². The molecule has 0 bridgehead atoms. The molecule has 0 aliphatic heterocycles. The maximum absolute atomic E-state index is 12.9. The Balaban J connectivity index is 2.31. The molecule has 0 amide bonds. The molecule has 0 atom stereocenters. The van der Waals surface area contributed by atoms with Gasteiger partial charge in [0.25, 0.3) is 0 Å². The van der Waals surface area contributed by atoms with Gasteiger partial charge in [-0.25, -0.2) is 8.42 Å². The summed E-state index contributed by atoms with van der Waals surface area (Å²) in [6.07, 6.45) is 2.82. The SMILES string of the molecule is CCN(CC1CC1)S(=O)(=O)c1c(C)nn(CCCO)c1C. The zero-order valence-corrected chi connectivity index (χ0v) is 13.9. The van der Waals surface area contributed by atoms with E-state index in [2.05, 4.69) is 5.10 Å². The fourth-order valence-electron chi connectivity index (χ4n) is 2.61. The van der Waals surface area contributed by atoms with Crippen LogP contribution in [-0.2, 0) is 16.6 Å². The molecule has 0 radical (unpaired) electrons. The molecule has 1 fully saturated rings. The molecule has 0 aromatic carbocycles. The van der Waals surface area contributed by atoms with Crippen molar-refractivity contribution in [3.8, 4) is 0 Å². The fourth-order valence-corrected chi connectivity index (χ4v) is 4.50. The Morgan fingerprint density at radius 3 is 2.57 bits per heavy atom. The van der Waals surface area contributed by atoms with Gasteiger partial charge >= 0.3 is 0 Å². The molecule has 1 aromatic heterocycles. The molecule has 1 aliphatic carbocycles. The van der Waals surface area contributed by atoms with Crippen LogP contribution in [0.3, 0.4) is 0 Å². The molecular formula is C14H25N3O3S. The van der Waals surface area contributed by atoms with Gasteiger partial charge in [0, 0.05) is 26.2 Å². The molecule has 1 heterocycles. The Bertz CT molecular complexity index is 591. The highest BCUT2D eigenvalue weighted by atomic mass is 32.2. The molecule has 21 heavy (non-hydrogen) atoms. The number of sulfonamides is 1. The number of hydrogen-bond acceptors (Lipinski definition) is 4. The lowest BCUT2D eigenvalue weighted by Crippen LogP contribution is -2.33. The van der Waals surface area contributed by atoms with E-state index in [1.54, 1.807) is 22.8 Å². The monoisotopic (exact) mass is 315 g/mol. The molecule has 6 nitrogen and oxygen atoms in total. The minimum atomic E-state index is -3.48. The Labute approximate surface area is 126 Å². The molecule has 1 aromatic rings. The zero-order chi connectivity index (χ0) is 15.6. The number of hydrogen-bond donors (Lipinski definition) is 1. The van der Waals surface area contributed by atoms with Gasteiger partial charge < -0.3 is 5.11 Å². The van der Waals surface area contributed by atoms with Gasteiger partial charge in [-0.2, -0.15) is 9.40 Å². The van der Waals surface area contributed by atoms with Crippen LogP contribution < -0.4 is 0 Å². The summed E-state index contributed by atoms with van der Waals surface area (Å²) in [7, 11) is -3.48. The second-order valence-electron chi connectivity index (χ2n) is 5.70. The van der Waals surface area contributed by atoms with Crippen molar-refractivity contribution in [2.75, 3.05) is 19.7 Å². The highest BCUT2D eigenvalue weighted by Crippen LogP contribution is 2.32. The van der Waals surface area contributed by atoms with Gasteiger partial charge in [-0.1, -0.05) is 6.92 Å². The smallest absolute Gasteiger partial charge is 0.246 e. The first-order valence-corrected chi connectivity index (χ1v) is 9.00. The van der Waals surface area contributed by atoms with E-state index in [1.807, 2.05) is 6.92 Å². The summed E-state index contributed by atoms with van der Waals surface area (Å²) in [5.74, 6) is 0.518. The van der Waals surface area contributed by atoms with Crippen LogP contribution in [0.2, 0.25) is 0 Å². The summed E-state index contributed by atoms with van der Waals surface area (Å²) in [5, 5.41) is 13.2. The predicted octanol–water partition coefficient (Wildman–Crippen LogP) is 1.30. The number of nitrogens with zero attached hydrogens (tertiary/aromatic N) is 3. The summed E-state index contributed by atoms with van der Waals surface area (Å²) in [5.41, 5.74) is 1.20. The van der Waals surface area contributed by atoms with Crippen LogP contribution in [0, 0.1) is 19.8 Å². The molecule has 0 unspecified atom stereocenters. The van der Waals surface area contributed by atoms with E-state index in [9.17, 15) is 8.42 Å². The van der Waals surface area contributed by atoms with E-state index in [0.29, 0.717) is 48.3 Å². The maximum atomic E-state index is 12.9. The Kier molecular flexibility index (Phi) is 5.06. The number of aliphatic hydroxyl groups excluding tert-OH is 1. The Hall–Kier alpha value is -0.920. The standard InChI is InChI=1S/C14H25N3O3S/c1-4-16(10-13-6-7-13)21(19,20)14-11(2)15-17(12(14)3)8-5-9-18/h13,18H,4-10H2,1-3H3. The minimum absolute atomic E-state index is 0.0726. The first kappa shape index (κ1) is 16.5. The third-order valence-electron chi connectivity index (χ3n) is 3.95. The van der Waals surface area contributed by atoms with Crippen LogP contribution in [0.5, 0.6) is 0 Å². The van der Waals surface area contributed by atoms with E-state index >= 15 is 0 Å². The summed E-state index contributed by atoms with van der Waals surface area (Å²) in [6.45, 7) is 7.10. The third-order valence-corrected chi connectivity index (χ3v) is 6.15. The van der Waals surface area contributed by atoms with Crippen LogP contribution in [0.25, 0.3) is 0 Å². The highest BCUT2D eigenvalue weighted by Gasteiger charge is 2.34. The number of aromatic nitrogens is 2. The highest BCUT2D eigenvalue weighted by molar-refractivity contribution is 7.89. The minimum Gasteiger partial charge on any atom is -0.396 e. The van der Waals surface area contributed by atoms with Crippen molar-refractivity contribution in [3.05, 3.63) is 11.4 Å². The van der Waals surface area contributed by atoms with Crippen molar-refractivity contribution in [2.45, 2.75) is 51.5 Å². The first-order valence-electron chi connectivity index (χ1n) is 7.56. The molecule has 1 saturated carbocycles. The maximum Gasteiger partial charge on any atom is 0.246 e. The summed E-state index contributed by atoms with van der Waals surface area (Å²) >= 11 is 0. The van der Waals surface area contributed by atoms with Crippen molar-refractivity contribution in [1.82, 2.24) is 14.1 Å². The van der Waals surface area contributed by atoms with Crippen LogP contribution in [0.15, 0.2) is 4.90 Å². The number of rotatable bonds is 8. The molecule has 7 heteroatoms. The zero-order valence-electron chi connectivity index (χ0n) is 13.0. The van der Waals surface area contributed by atoms with Gasteiger partial charge in [0.2, 0.25) is 10.0 Å². The quantitative estimate of drug-likeness (QED) is 0.784. The van der Waals surface area contributed by atoms with Crippen LogP contribution in [0.1, 0.15) is 37.6 Å². The lowest BCUT2D eigenvalue weighted by Gasteiger charge is -2.20. The molecule has 0 saturated heterocycles. The lowest BCUT2D eigenvalue weighted by atomic mass is 10.4. The van der Waals surface area contributed by atoms with E-state index in [0.717, 1.165) is 12.8 Å². The molecule has 1 aliphatic rings. The molecular weight excluding hydrogens is 290 g/mol. The third kappa shape index (κ3) is 3.46. The molecule has 1 N–H and O–H groups in total. The van der Waals surface area contributed by atoms with E-state index in [-0.39, 0.29) is 6.61 Å². The normalized spacial score (nSPS) is 15.9. The molecule has 120 valence electrons. The second kappa shape index (κ2) is 6.46. The topological polar surface area (TPSA) is 75.4 Å². The van der Waals surface area contributed by atoms with Gasteiger partial charge in [0.05, 0.1) is 11.4 Å². The van der Waals surface area contributed by atoms with Crippen molar-refractivity contribution in [3.63, 3.8) is 0 Å². The van der Waals surface area contributed by atoms with Crippen LogP contribution in [-0.4, -0.2) is 47.3 Å². The summed E-state index contributed by atoms with van der Waals surface area (Å²) in [4.78, 5) is 0.336. The number of aryl methyl sites for hydroxylation is 2.